The number of aromatic nitrogens is 1. The molecule has 0 aromatic carbocycles. The molecular formula is C8H7BrF3N. The number of hydrogen-bond acceptors (Lipinski definition) is 1. The fourth-order valence-electron chi connectivity index (χ4n) is 1.01. The number of halogens is 4. The molecule has 0 aliphatic carbocycles. The molecule has 0 bridgehead atoms. The normalized spacial score (nSPS) is 11.8. The third-order valence-electron chi connectivity index (χ3n) is 1.58. The molecule has 0 saturated carbocycles. The Morgan fingerprint density at radius 1 is 1.46 bits per heavy atom. The molecule has 13 heavy (non-hydrogen) atoms. The van der Waals surface area contributed by atoms with Gasteiger partial charge in [0.15, 0.2) is 0 Å². The van der Waals surface area contributed by atoms with Crippen molar-refractivity contribution >= 4 is 15.9 Å². The molecular weight excluding hydrogens is 247 g/mol. The van der Waals surface area contributed by atoms with Crippen molar-refractivity contribution in [2.24, 2.45) is 0 Å². The van der Waals surface area contributed by atoms with Crippen LogP contribution in [0.3, 0.4) is 0 Å². The van der Waals surface area contributed by atoms with E-state index in [-0.39, 0.29) is 5.56 Å². The predicted octanol–water partition coefficient (Wildman–Crippen LogP) is 3.43. The van der Waals surface area contributed by atoms with E-state index in [1.54, 1.807) is 6.92 Å². The van der Waals surface area contributed by atoms with Gasteiger partial charge in [-0.25, -0.2) is 0 Å². The lowest BCUT2D eigenvalue weighted by atomic mass is 10.1. The second-order valence-electron chi connectivity index (χ2n) is 2.51. The third-order valence-corrected chi connectivity index (χ3v) is 2.02. The van der Waals surface area contributed by atoms with Gasteiger partial charge in [-0.3, -0.25) is 4.98 Å². The summed E-state index contributed by atoms with van der Waals surface area (Å²) in [6, 6.07) is 1.44. The van der Waals surface area contributed by atoms with E-state index in [4.69, 9.17) is 0 Å². The SMILES string of the molecule is CCc1cc(Br)cnc1C(F)(F)F. The lowest BCUT2D eigenvalue weighted by Crippen LogP contribution is -2.11. The summed E-state index contributed by atoms with van der Waals surface area (Å²) in [5, 5.41) is 0. The smallest absolute Gasteiger partial charge is 0.250 e. The standard InChI is InChI=1S/C8H7BrF3N/c1-2-5-3-6(9)4-13-7(5)8(10,11)12/h3-4H,2H2,1H3. The minimum Gasteiger partial charge on any atom is -0.250 e. The van der Waals surface area contributed by atoms with E-state index in [1.807, 2.05) is 0 Å². The summed E-state index contributed by atoms with van der Waals surface area (Å²) in [5.41, 5.74) is -0.583. The molecule has 5 heteroatoms. The topological polar surface area (TPSA) is 12.9 Å². The second kappa shape index (κ2) is 3.65. The Labute approximate surface area is 82.1 Å². The van der Waals surface area contributed by atoms with E-state index in [2.05, 4.69) is 20.9 Å². The summed E-state index contributed by atoms with van der Waals surface area (Å²) < 4.78 is 37.4. The largest absolute Gasteiger partial charge is 0.433 e. The zero-order chi connectivity index (χ0) is 10.1. The molecule has 1 aromatic rings. The first-order valence-corrected chi connectivity index (χ1v) is 4.46. The maximum atomic E-state index is 12.3. The van der Waals surface area contributed by atoms with Crippen LogP contribution < -0.4 is 0 Å². The summed E-state index contributed by atoms with van der Waals surface area (Å²) in [7, 11) is 0. The van der Waals surface area contributed by atoms with Gasteiger partial charge in [-0.05, 0) is 34.0 Å². The van der Waals surface area contributed by atoms with Gasteiger partial charge in [0.25, 0.3) is 0 Å². The van der Waals surface area contributed by atoms with Gasteiger partial charge < -0.3 is 0 Å². The molecule has 0 N–H and O–H groups in total. The number of aryl methyl sites for hydroxylation is 1. The average molecular weight is 254 g/mol. The summed E-state index contributed by atoms with van der Waals surface area (Å²) in [5.74, 6) is 0. The van der Waals surface area contributed by atoms with Gasteiger partial charge in [0.2, 0.25) is 0 Å². The van der Waals surface area contributed by atoms with E-state index < -0.39 is 11.9 Å². The zero-order valence-electron chi connectivity index (χ0n) is 6.82. The highest BCUT2D eigenvalue weighted by molar-refractivity contribution is 9.10. The highest BCUT2D eigenvalue weighted by Crippen LogP contribution is 2.31. The van der Waals surface area contributed by atoms with Crippen LogP contribution in [-0.2, 0) is 12.6 Å². The van der Waals surface area contributed by atoms with Gasteiger partial charge >= 0.3 is 6.18 Å². The molecule has 0 aliphatic rings. The molecule has 0 saturated heterocycles. The van der Waals surface area contributed by atoms with E-state index in [0.29, 0.717) is 10.9 Å². The maximum absolute atomic E-state index is 12.3. The molecule has 1 aromatic heterocycles. The minimum absolute atomic E-state index is 0.210. The fourth-order valence-corrected chi connectivity index (χ4v) is 1.38. The first kappa shape index (κ1) is 10.5. The molecule has 72 valence electrons. The summed E-state index contributed by atoms with van der Waals surface area (Å²) in [6.45, 7) is 1.67. The summed E-state index contributed by atoms with van der Waals surface area (Å²) in [6.07, 6.45) is -2.88. The molecule has 0 amide bonds. The van der Waals surface area contributed by atoms with Crippen molar-refractivity contribution < 1.29 is 13.2 Å². The predicted molar refractivity (Wildman–Crippen MR) is 46.3 cm³/mol. The second-order valence-corrected chi connectivity index (χ2v) is 3.43. The van der Waals surface area contributed by atoms with Crippen LogP contribution in [0, 0.1) is 0 Å². The molecule has 1 rings (SSSR count). The lowest BCUT2D eigenvalue weighted by molar-refractivity contribution is -0.141. The van der Waals surface area contributed by atoms with Crippen LogP contribution in [0.4, 0.5) is 13.2 Å². The first-order chi connectivity index (χ1) is 5.95. The van der Waals surface area contributed by atoms with Crippen molar-refractivity contribution in [3.63, 3.8) is 0 Å². The lowest BCUT2D eigenvalue weighted by Gasteiger charge is -2.09. The minimum atomic E-state index is -4.36. The maximum Gasteiger partial charge on any atom is 0.433 e. The molecule has 1 heterocycles. The Bertz CT molecular complexity index is 309. The van der Waals surface area contributed by atoms with E-state index in [1.165, 1.54) is 6.07 Å². The zero-order valence-corrected chi connectivity index (χ0v) is 8.41. The van der Waals surface area contributed by atoms with Crippen molar-refractivity contribution in [3.05, 3.63) is 28.0 Å². The summed E-state index contributed by atoms with van der Waals surface area (Å²) >= 11 is 3.07. The quantitative estimate of drug-likeness (QED) is 0.748. The highest BCUT2D eigenvalue weighted by Gasteiger charge is 2.34. The third kappa shape index (κ3) is 2.43. The number of nitrogens with zero attached hydrogens (tertiary/aromatic N) is 1. The van der Waals surface area contributed by atoms with E-state index in [9.17, 15) is 13.2 Å². The number of rotatable bonds is 1. The van der Waals surface area contributed by atoms with Crippen LogP contribution in [-0.4, -0.2) is 4.98 Å². The molecule has 0 fully saturated rings. The molecule has 0 spiro atoms. The highest BCUT2D eigenvalue weighted by atomic mass is 79.9. The summed E-state index contributed by atoms with van der Waals surface area (Å²) in [4.78, 5) is 3.35. The Morgan fingerprint density at radius 3 is 2.54 bits per heavy atom. The van der Waals surface area contributed by atoms with Gasteiger partial charge in [0.1, 0.15) is 5.69 Å². The molecule has 1 nitrogen and oxygen atoms in total. The van der Waals surface area contributed by atoms with Crippen molar-refractivity contribution in [1.29, 1.82) is 0 Å². The number of alkyl halides is 3. The monoisotopic (exact) mass is 253 g/mol. The van der Waals surface area contributed by atoms with Crippen LogP contribution in [0.25, 0.3) is 0 Å². The number of pyridine rings is 1. The van der Waals surface area contributed by atoms with Crippen LogP contribution in [0.1, 0.15) is 18.2 Å². The van der Waals surface area contributed by atoms with Crippen molar-refractivity contribution in [2.75, 3.05) is 0 Å². The molecule has 0 radical (unpaired) electrons. The average Bonchev–Trinajstić information content (AvgIpc) is 2.01. The Kier molecular flexibility index (Phi) is 2.95. The molecule has 0 unspecified atom stereocenters. The Hall–Kier alpha value is -0.580. The van der Waals surface area contributed by atoms with Crippen molar-refractivity contribution in [2.45, 2.75) is 19.5 Å². The fraction of sp³-hybridized carbons (Fsp3) is 0.375. The number of hydrogen-bond donors (Lipinski definition) is 0. The Morgan fingerprint density at radius 2 is 2.08 bits per heavy atom. The molecule has 0 atom stereocenters. The van der Waals surface area contributed by atoms with Crippen LogP contribution >= 0.6 is 15.9 Å². The van der Waals surface area contributed by atoms with E-state index >= 15 is 0 Å². The van der Waals surface area contributed by atoms with Gasteiger partial charge in [-0.15, -0.1) is 0 Å². The van der Waals surface area contributed by atoms with Crippen molar-refractivity contribution in [3.8, 4) is 0 Å². The van der Waals surface area contributed by atoms with Crippen LogP contribution in [0.5, 0.6) is 0 Å². The van der Waals surface area contributed by atoms with Gasteiger partial charge in [0, 0.05) is 10.7 Å². The van der Waals surface area contributed by atoms with Crippen molar-refractivity contribution in [1.82, 2.24) is 4.98 Å². The molecule has 0 aliphatic heterocycles. The Balaban J connectivity index is 3.22. The first-order valence-electron chi connectivity index (χ1n) is 3.66. The van der Waals surface area contributed by atoms with Crippen LogP contribution in [0.15, 0.2) is 16.7 Å². The van der Waals surface area contributed by atoms with Crippen LogP contribution in [0.2, 0.25) is 0 Å². The van der Waals surface area contributed by atoms with Gasteiger partial charge in [-0.1, -0.05) is 6.92 Å². The van der Waals surface area contributed by atoms with E-state index in [0.717, 1.165) is 6.20 Å². The van der Waals surface area contributed by atoms with Gasteiger partial charge in [0.05, 0.1) is 0 Å². The van der Waals surface area contributed by atoms with Gasteiger partial charge in [-0.2, -0.15) is 13.2 Å².